The van der Waals surface area contributed by atoms with Crippen molar-refractivity contribution in [2.45, 2.75) is 39.3 Å². The molecule has 0 spiro atoms. The van der Waals surface area contributed by atoms with Gasteiger partial charge < -0.3 is 10.6 Å². The van der Waals surface area contributed by atoms with Crippen LogP contribution in [0.1, 0.15) is 27.2 Å². The molecule has 2 N–H and O–H groups in total. The maximum Gasteiger partial charge on any atom is 0.234 e. The minimum absolute atomic E-state index is 0.169. The third kappa shape index (κ3) is 4.43. The van der Waals surface area contributed by atoms with E-state index in [2.05, 4.69) is 41.2 Å². The van der Waals surface area contributed by atoms with Crippen LogP contribution in [0.2, 0.25) is 0 Å². The predicted molar refractivity (Wildman–Crippen MR) is 81.7 cm³/mol. The summed E-state index contributed by atoms with van der Waals surface area (Å²) in [6.07, 6.45) is 1.27. The molecule has 2 aliphatic heterocycles. The first-order chi connectivity index (χ1) is 9.56. The molecule has 116 valence electrons. The van der Waals surface area contributed by atoms with Gasteiger partial charge in [0.2, 0.25) is 5.91 Å². The zero-order chi connectivity index (χ0) is 14.5. The Labute approximate surface area is 123 Å². The van der Waals surface area contributed by atoms with Crippen LogP contribution in [0.4, 0.5) is 0 Å². The second-order valence-corrected chi connectivity index (χ2v) is 6.56. The molecule has 2 aliphatic rings. The summed E-state index contributed by atoms with van der Waals surface area (Å²) in [5, 5.41) is 6.51. The maximum absolute atomic E-state index is 12.0. The van der Waals surface area contributed by atoms with Gasteiger partial charge in [-0.3, -0.25) is 14.6 Å². The summed E-state index contributed by atoms with van der Waals surface area (Å²) in [7, 11) is 0. The Morgan fingerprint density at radius 3 is 2.50 bits per heavy atom. The molecule has 0 aromatic rings. The van der Waals surface area contributed by atoms with Crippen molar-refractivity contribution in [2.24, 2.45) is 5.92 Å². The Morgan fingerprint density at radius 2 is 1.95 bits per heavy atom. The second kappa shape index (κ2) is 7.38. The van der Waals surface area contributed by atoms with E-state index >= 15 is 0 Å². The van der Waals surface area contributed by atoms with Crippen molar-refractivity contribution < 1.29 is 4.79 Å². The average molecular weight is 282 g/mol. The summed E-state index contributed by atoms with van der Waals surface area (Å²) in [5.74, 6) is 0.660. The molecule has 0 aromatic heterocycles. The first-order valence-electron chi connectivity index (χ1n) is 8.02. The molecule has 2 fully saturated rings. The molecule has 0 radical (unpaired) electrons. The number of hydrogen-bond acceptors (Lipinski definition) is 4. The van der Waals surface area contributed by atoms with Gasteiger partial charge >= 0.3 is 0 Å². The Bertz CT molecular complexity index is 307. The van der Waals surface area contributed by atoms with Crippen LogP contribution < -0.4 is 10.6 Å². The summed E-state index contributed by atoms with van der Waals surface area (Å²) in [4.78, 5) is 16.8. The van der Waals surface area contributed by atoms with Crippen LogP contribution >= 0.6 is 0 Å². The normalized spacial score (nSPS) is 26.9. The molecule has 0 bridgehead atoms. The smallest absolute Gasteiger partial charge is 0.234 e. The SMILES string of the molecule is CC(C)C(C)NC(=O)CN1CCN(C2CCNC2)CC1. The topological polar surface area (TPSA) is 47.6 Å². The highest BCUT2D eigenvalue weighted by Crippen LogP contribution is 2.11. The van der Waals surface area contributed by atoms with Gasteiger partial charge in [0.25, 0.3) is 0 Å². The van der Waals surface area contributed by atoms with Gasteiger partial charge in [0.15, 0.2) is 0 Å². The summed E-state index contributed by atoms with van der Waals surface area (Å²) >= 11 is 0. The molecule has 20 heavy (non-hydrogen) atoms. The number of hydrogen-bond donors (Lipinski definition) is 2. The molecule has 5 heteroatoms. The fourth-order valence-electron chi connectivity index (χ4n) is 2.91. The molecule has 1 amide bonds. The highest BCUT2D eigenvalue weighted by molar-refractivity contribution is 5.78. The van der Waals surface area contributed by atoms with Gasteiger partial charge in [0.05, 0.1) is 6.54 Å². The lowest BCUT2D eigenvalue weighted by molar-refractivity contribution is -0.123. The number of rotatable bonds is 5. The Balaban J connectivity index is 1.67. The minimum atomic E-state index is 0.169. The van der Waals surface area contributed by atoms with Crippen LogP contribution in [-0.2, 0) is 4.79 Å². The number of piperazine rings is 1. The average Bonchev–Trinajstić information content (AvgIpc) is 2.93. The summed E-state index contributed by atoms with van der Waals surface area (Å²) in [5.41, 5.74) is 0. The molecular weight excluding hydrogens is 252 g/mol. The number of carbonyl (C=O) groups excluding carboxylic acids is 1. The van der Waals surface area contributed by atoms with Crippen LogP contribution in [0.5, 0.6) is 0 Å². The predicted octanol–water partition coefficient (Wildman–Crippen LogP) is 0.127. The van der Waals surface area contributed by atoms with E-state index in [0.29, 0.717) is 18.5 Å². The number of amides is 1. The van der Waals surface area contributed by atoms with E-state index in [1.165, 1.54) is 6.42 Å². The highest BCUT2D eigenvalue weighted by Gasteiger charge is 2.26. The lowest BCUT2D eigenvalue weighted by Crippen LogP contribution is -2.53. The van der Waals surface area contributed by atoms with E-state index in [-0.39, 0.29) is 11.9 Å². The van der Waals surface area contributed by atoms with E-state index in [4.69, 9.17) is 0 Å². The van der Waals surface area contributed by atoms with Gasteiger partial charge in [0, 0.05) is 44.8 Å². The fraction of sp³-hybridized carbons (Fsp3) is 0.933. The second-order valence-electron chi connectivity index (χ2n) is 6.56. The van der Waals surface area contributed by atoms with Crippen LogP contribution in [0, 0.1) is 5.92 Å². The quantitative estimate of drug-likeness (QED) is 0.752. The zero-order valence-corrected chi connectivity index (χ0v) is 13.2. The summed E-state index contributed by atoms with van der Waals surface area (Å²) in [6, 6.07) is 0.972. The van der Waals surface area contributed by atoms with Crippen molar-refractivity contribution in [2.75, 3.05) is 45.8 Å². The van der Waals surface area contributed by atoms with Gasteiger partial charge in [-0.15, -0.1) is 0 Å². The third-order valence-corrected chi connectivity index (χ3v) is 4.71. The first kappa shape index (κ1) is 15.7. The van der Waals surface area contributed by atoms with E-state index in [1.807, 2.05) is 0 Å². The lowest BCUT2D eigenvalue weighted by Gasteiger charge is -2.37. The first-order valence-corrected chi connectivity index (χ1v) is 8.02. The monoisotopic (exact) mass is 282 g/mol. The molecule has 0 aromatic carbocycles. The molecule has 0 aliphatic carbocycles. The largest absolute Gasteiger partial charge is 0.352 e. The van der Waals surface area contributed by atoms with Crippen LogP contribution in [0.3, 0.4) is 0 Å². The van der Waals surface area contributed by atoms with Gasteiger partial charge in [-0.25, -0.2) is 0 Å². The number of nitrogens with one attached hydrogen (secondary N) is 2. The standard InChI is InChI=1S/C15H30N4O/c1-12(2)13(3)17-15(20)11-18-6-8-19(9-7-18)14-4-5-16-10-14/h12-14,16H,4-11H2,1-3H3,(H,17,20). The van der Waals surface area contributed by atoms with E-state index < -0.39 is 0 Å². The van der Waals surface area contributed by atoms with Gasteiger partial charge in [-0.1, -0.05) is 13.8 Å². The van der Waals surface area contributed by atoms with Crippen molar-refractivity contribution in [1.82, 2.24) is 20.4 Å². The molecule has 2 atom stereocenters. The van der Waals surface area contributed by atoms with Gasteiger partial charge in [-0.2, -0.15) is 0 Å². The third-order valence-electron chi connectivity index (χ3n) is 4.71. The fourth-order valence-corrected chi connectivity index (χ4v) is 2.91. The Morgan fingerprint density at radius 1 is 1.25 bits per heavy atom. The number of carbonyl (C=O) groups is 1. The van der Waals surface area contributed by atoms with Crippen molar-refractivity contribution in [3.63, 3.8) is 0 Å². The van der Waals surface area contributed by atoms with Crippen LogP contribution in [0.15, 0.2) is 0 Å². The van der Waals surface area contributed by atoms with E-state index in [1.54, 1.807) is 0 Å². The minimum Gasteiger partial charge on any atom is -0.352 e. The maximum atomic E-state index is 12.0. The molecule has 5 nitrogen and oxygen atoms in total. The van der Waals surface area contributed by atoms with E-state index in [0.717, 1.165) is 39.3 Å². The Kier molecular flexibility index (Phi) is 5.81. The summed E-state index contributed by atoms with van der Waals surface area (Å²) < 4.78 is 0. The molecular formula is C15H30N4O. The summed E-state index contributed by atoms with van der Waals surface area (Å²) in [6.45, 7) is 13.4. The molecule has 2 heterocycles. The molecule has 2 unspecified atom stereocenters. The molecule has 0 saturated carbocycles. The highest BCUT2D eigenvalue weighted by atomic mass is 16.2. The van der Waals surface area contributed by atoms with Crippen LogP contribution in [0.25, 0.3) is 0 Å². The number of nitrogens with zero attached hydrogens (tertiary/aromatic N) is 2. The zero-order valence-electron chi connectivity index (χ0n) is 13.2. The van der Waals surface area contributed by atoms with E-state index in [9.17, 15) is 4.79 Å². The molecule has 2 rings (SSSR count). The van der Waals surface area contributed by atoms with Crippen molar-refractivity contribution in [3.05, 3.63) is 0 Å². The van der Waals surface area contributed by atoms with Gasteiger partial charge in [0.1, 0.15) is 0 Å². The van der Waals surface area contributed by atoms with Crippen molar-refractivity contribution >= 4 is 5.91 Å². The molecule has 2 saturated heterocycles. The van der Waals surface area contributed by atoms with Crippen molar-refractivity contribution in [3.8, 4) is 0 Å². The van der Waals surface area contributed by atoms with Crippen molar-refractivity contribution in [1.29, 1.82) is 0 Å². The van der Waals surface area contributed by atoms with Crippen LogP contribution in [-0.4, -0.2) is 73.6 Å². The van der Waals surface area contributed by atoms with Gasteiger partial charge in [-0.05, 0) is 25.8 Å². The Hall–Kier alpha value is -0.650. The lowest BCUT2D eigenvalue weighted by atomic mass is 10.1.